The van der Waals surface area contributed by atoms with E-state index in [0.717, 1.165) is 25.7 Å². The zero-order valence-corrected chi connectivity index (χ0v) is 12.9. The number of carbonyl (C=O) groups excluding carboxylic acids is 1. The fourth-order valence-corrected chi connectivity index (χ4v) is 3.92. The lowest BCUT2D eigenvalue weighted by atomic mass is 9.88. The molecule has 1 saturated carbocycles. The van der Waals surface area contributed by atoms with Crippen LogP contribution in [-0.2, 0) is 14.3 Å². The van der Waals surface area contributed by atoms with Gasteiger partial charge in [0.2, 0.25) is 5.79 Å². The molecule has 23 heavy (non-hydrogen) atoms. The lowest BCUT2D eigenvalue weighted by molar-refractivity contribution is -0.354. The molecule has 2 heterocycles. The van der Waals surface area contributed by atoms with E-state index in [9.17, 15) is 25.2 Å². The number of hydrogen-bond acceptors (Lipinski definition) is 8. The molecule has 2 saturated heterocycles. The molecule has 132 valence electrons. The fraction of sp³-hybridized carbons (Fsp3) is 0.933. The fourth-order valence-electron chi connectivity index (χ4n) is 3.92. The van der Waals surface area contributed by atoms with Crippen molar-refractivity contribution in [1.82, 2.24) is 5.32 Å². The van der Waals surface area contributed by atoms with Gasteiger partial charge in [-0.1, -0.05) is 19.3 Å². The number of carboxylic acid groups (broad SMARTS) is 1. The van der Waals surface area contributed by atoms with Crippen molar-refractivity contribution in [2.45, 2.75) is 80.8 Å². The zero-order chi connectivity index (χ0) is 16.6. The second-order valence-electron chi connectivity index (χ2n) is 6.75. The standard InChI is InChI=1S/C15H25NO7/c17-7-10(19)12-13-11(16-8-4-2-1-3-5-8)9(18)6-15(22-12,23-13)14(20)21/h8-13,16-19H,1-7H2,(H,20,21)/p-1/t9-,10-,11-,12-,13?,15-/m1/s1. The van der Waals surface area contributed by atoms with Crippen LogP contribution in [0.15, 0.2) is 0 Å². The van der Waals surface area contributed by atoms with Crippen molar-refractivity contribution in [2.24, 2.45) is 0 Å². The molecular weight excluding hydrogens is 306 g/mol. The van der Waals surface area contributed by atoms with Gasteiger partial charge in [0, 0.05) is 12.5 Å². The molecule has 0 aromatic rings. The van der Waals surface area contributed by atoms with E-state index < -0.39 is 48.8 Å². The zero-order valence-electron chi connectivity index (χ0n) is 12.9. The number of ether oxygens (including phenoxy) is 2. The van der Waals surface area contributed by atoms with Gasteiger partial charge in [0.05, 0.1) is 18.8 Å². The smallest absolute Gasteiger partial charge is 0.212 e. The van der Waals surface area contributed by atoms with Crippen LogP contribution in [-0.4, -0.2) is 70.2 Å². The van der Waals surface area contributed by atoms with E-state index in [4.69, 9.17) is 9.47 Å². The normalized spacial score (nSPS) is 42.6. The first-order valence-electron chi connectivity index (χ1n) is 8.27. The number of aliphatic carboxylic acids is 1. The molecule has 0 aromatic heterocycles. The summed E-state index contributed by atoms with van der Waals surface area (Å²) >= 11 is 0. The van der Waals surface area contributed by atoms with Gasteiger partial charge in [-0.05, 0) is 12.8 Å². The minimum atomic E-state index is -2.06. The highest BCUT2D eigenvalue weighted by molar-refractivity contribution is 5.74. The second-order valence-corrected chi connectivity index (χ2v) is 6.75. The van der Waals surface area contributed by atoms with Gasteiger partial charge in [0.1, 0.15) is 24.3 Å². The number of rotatable bonds is 5. The Morgan fingerprint density at radius 3 is 2.61 bits per heavy atom. The van der Waals surface area contributed by atoms with Gasteiger partial charge in [0.15, 0.2) is 0 Å². The summed E-state index contributed by atoms with van der Waals surface area (Å²) in [6, 6.07) is -0.339. The summed E-state index contributed by atoms with van der Waals surface area (Å²) in [5.41, 5.74) is 0. The molecular formula is C15H24NO7-. The highest BCUT2D eigenvalue weighted by atomic mass is 16.8. The molecule has 0 amide bonds. The van der Waals surface area contributed by atoms with Gasteiger partial charge in [0.25, 0.3) is 0 Å². The van der Waals surface area contributed by atoms with Crippen LogP contribution in [0.1, 0.15) is 38.5 Å². The van der Waals surface area contributed by atoms with E-state index in [1.165, 1.54) is 6.42 Å². The third-order valence-corrected chi connectivity index (χ3v) is 5.13. The van der Waals surface area contributed by atoms with Crippen molar-refractivity contribution >= 4 is 5.97 Å². The predicted molar refractivity (Wildman–Crippen MR) is 75.0 cm³/mol. The summed E-state index contributed by atoms with van der Waals surface area (Å²) in [4.78, 5) is 11.4. The summed E-state index contributed by atoms with van der Waals surface area (Å²) in [6.07, 6.45) is 0.913. The number of fused-ring (bicyclic) bond motifs is 2. The predicted octanol–water partition coefficient (Wildman–Crippen LogP) is -2.37. The van der Waals surface area contributed by atoms with Crippen molar-refractivity contribution in [3.63, 3.8) is 0 Å². The van der Waals surface area contributed by atoms with Crippen LogP contribution in [0.3, 0.4) is 0 Å². The van der Waals surface area contributed by atoms with E-state index in [0.29, 0.717) is 0 Å². The van der Waals surface area contributed by atoms with Gasteiger partial charge in [-0.25, -0.2) is 0 Å². The van der Waals surface area contributed by atoms with Crippen LogP contribution >= 0.6 is 0 Å². The van der Waals surface area contributed by atoms with E-state index in [1.54, 1.807) is 0 Å². The average molecular weight is 330 g/mol. The van der Waals surface area contributed by atoms with E-state index in [-0.39, 0.29) is 12.5 Å². The third-order valence-electron chi connectivity index (χ3n) is 5.13. The largest absolute Gasteiger partial charge is 0.544 e. The topological polar surface area (TPSA) is 131 Å². The van der Waals surface area contributed by atoms with Gasteiger partial charge < -0.3 is 40.0 Å². The van der Waals surface area contributed by atoms with Gasteiger partial charge in [-0.15, -0.1) is 0 Å². The Morgan fingerprint density at radius 1 is 1.30 bits per heavy atom. The number of hydrogen-bond donors (Lipinski definition) is 4. The quantitative estimate of drug-likeness (QED) is 0.440. The molecule has 6 atom stereocenters. The van der Waals surface area contributed by atoms with Gasteiger partial charge in [-0.2, -0.15) is 0 Å². The summed E-state index contributed by atoms with van der Waals surface area (Å²) in [6.45, 7) is -0.583. The minimum absolute atomic E-state index is 0.218. The number of aliphatic hydroxyl groups excluding tert-OH is 3. The summed E-state index contributed by atoms with van der Waals surface area (Å²) in [7, 11) is 0. The van der Waals surface area contributed by atoms with Gasteiger partial charge in [-0.3, -0.25) is 0 Å². The highest BCUT2D eigenvalue weighted by Crippen LogP contribution is 2.41. The van der Waals surface area contributed by atoms with Crippen molar-refractivity contribution in [3.05, 3.63) is 0 Å². The van der Waals surface area contributed by atoms with E-state index in [1.807, 2.05) is 0 Å². The molecule has 3 aliphatic rings. The Morgan fingerprint density at radius 2 is 2.00 bits per heavy atom. The average Bonchev–Trinajstić information content (AvgIpc) is 2.88. The number of aliphatic hydroxyl groups is 3. The van der Waals surface area contributed by atoms with Crippen LogP contribution < -0.4 is 10.4 Å². The van der Waals surface area contributed by atoms with Crippen LogP contribution in [0.4, 0.5) is 0 Å². The first-order chi connectivity index (χ1) is 11.0. The molecule has 0 aromatic carbocycles. The number of nitrogens with one attached hydrogen (secondary N) is 1. The van der Waals surface area contributed by atoms with Crippen LogP contribution in [0, 0.1) is 0 Å². The lowest BCUT2D eigenvalue weighted by Gasteiger charge is -2.41. The number of carbonyl (C=O) groups is 1. The SMILES string of the molecule is O=C([O-])[C@@]12C[C@@H](O)[C@@H](NC3CCCCC3)C(O1)[C@@H]([C@H](O)CO)O2. The maximum Gasteiger partial charge on any atom is 0.212 e. The molecule has 3 fully saturated rings. The molecule has 0 radical (unpaired) electrons. The van der Waals surface area contributed by atoms with Crippen LogP contribution in [0.2, 0.25) is 0 Å². The van der Waals surface area contributed by atoms with Gasteiger partial charge >= 0.3 is 0 Å². The minimum Gasteiger partial charge on any atom is -0.544 e. The lowest BCUT2D eigenvalue weighted by Crippen LogP contribution is -2.63. The maximum absolute atomic E-state index is 11.4. The highest BCUT2D eigenvalue weighted by Gasteiger charge is 2.60. The molecule has 1 unspecified atom stereocenters. The molecule has 0 spiro atoms. The van der Waals surface area contributed by atoms with E-state index >= 15 is 0 Å². The van der Waals surface area contributed by atoms with Crippen LogP contribution in [0.5, 0.6) is 0 Å². The molecule has 4 N–H and O–H groups in total. The molecule has 1 aliphatic carbocycles. The molecule has 8 heteroatoms. The van der Waals surface area contributed by atoms with Crippen molar-refractivity contribution < 1.29 is 34.7 Å². The maximum atomic E-state index is 11.4. The molecule has 3 rings (SSSR count). The molecule has 2 aliphatic heterocycles. The summed E-state index contributed by atoms with van der Waals surface area (Å²) < 4.78 is 10.9. The van der Waals surface area contributed by atoms with Crippen molar-refractivity contribution in [1.29, 1.82) is 0 Å². The van der Waals surface area contributed by atoms with Crippen molar-refractivity contribution in [3.8, 4) is 0 Å². The summed E-state index contributed by atoms with van der Waals surface area (Å²) in [5, 5.41) is 44.3. The monoisotopic (exact) mass is 330 g/mol. The second kappa shape index (κ2) is 6.62. The van der Waals surface area contributed by atoms with E-state index in [2.05, 4.69) is 5.32 Å². The number of carboxylic acids is 1. The third kappa shape index (κ3) is 3.11. The first kappa shape index (κ1) is 17.1. The molecule has 2 bridgehead atoms. The first-order valence-corrected chi connectivity index (χ1v) is 8.27. The van der Waals surface area contributed by atoms with Crippen molar-refractivity contribution in [2.75, 3.05) is 6.61 Å². The Hall–Kier alpha value is -0.770. The summed E-state index contributed by atoms with van der Waals surface area (Å²) in [5.74, 6) is -3.64. The Kier molecular flexibility index (Phi) is 4.91. The Labute approximate surface area is 134 Å². The Balaban J connectivity index is 1.79. The Bertz CT molecular complexity index is 442. The molecule has 8 nitrogen and oxygen atoms in total. The van der Waals surface area contributed by atoms with Crippen LogP contribution in [0.25, 0.3) is 0 Å².